The summed E-state index contributed by atoms with van der Waals surface area (Å²) in [7, 11) is -1.42. The number of unbranched alkanes of at least 4 members (excludes halogenated alkanes) is 12. The van der Waals surface area contributed by atoms with E-state index in [0.29, 0.717) is 0 Å². The molecule has 8 rings (SSSR count). The summed E-state index contributed by atoms with van der Waals surface area (Å²) in [5.74, 6) is 21.1. The van der Waals surface area contributed by atoms with Crippen molar-refractivity contribution in [1.29, 1.82) is 0 Å². The highest BCUT2D eigenvalue weighted by Gasteiger charge is 2.44. The zero-order chi connectivity index (χ0) is 52.0. The molecule has 0 saturated heterocycles. The van der Waals surface area contributed by atoms with E-state index in [9.17, 15) is 0 Å². The Balaban J connectivity index is 1.13. The zero-order valence-corrected chi connectivity index (χ0v) is 47.3. The molecule has 6 aromatic rings. The average Bonchev–Trinajstić information content (AvgIpc) is 3.86. The first-order valence-corrected chi connectivity index (χ1v) is 32.4. The van der Waals surface area contributed by atoms with Crippen molar-refractivity contribution in [3.05, 3.63) is 177 Å². The second-order valence-corrected chi connectivity index (χ2v) is 27.5. The second kappa shape index (κ2) is 25.3. The molecule has 0 amide bonds. The number of terminal acetylenes is 1. The number of hydrogen-bond donors (Lipinski definition) is 0. The van der Waals surface area contributed by atoms with Gasteiger partial charge in [0.1, 0.15) is 8.07 Å². The van der Waals surface area contributed by atoms with Crippen LogP contribution in [0.5, 0.6) is 0 Å². The quantitative estimate of drug-likeness (QED) is 0.0383. The average molecular weight is 988 g/mol. The Bertz CT molecular complexity index is 3080. The first-order valence-electron chi connectivity index (χ1n) is 28.9. The molecule has 0 aromatic heterocycles. The van der Waals surface area contributed by atoms with Gasteiger partial charge in [0.2, 0.25) is 0 Å². The molecular formula is C73H82Si. The predicted molar refractivity (Wildman–Crippen MR) is 322 cm³/mol. The Morgan fingerprint density at radius 2 is 0.622 bits per heavy atom. The van der Waals surface area contributed by atoms with Crippen LogP contribution in [-0.4, -0.2) is 8.07 Å². The van der Waals surface area contributed by atoms with Gasteiger partial charge in [-0.1, -0.05) is 234 Å². The molecule has 0 heterocycles. The van der Waals surface area contributed by atoms with Gasteiger partial charge in [-0.2, -0.15) is 0 Å². The minimum atomic E-state index is -1.42. The molecule has 378 valence electrons. The summed E-state index contributed by atoms with van der Waals surface area (Å²) in [6, 6.07) is 45.5. The van der Waals surface area contributed by atoms with Crippen LogP contribution in [-0.2, 0) is 10.8 Å². The number of fused-ring (bicyclic) bond motifs is 6. The van der Waals surface area contributed by atoms with Gasteiger partial charge in [0, 0.05) is 44.2 Å². The van der Waals surface area contributed by atoms with Crippen molar-refractivity contribution in [3.63, 3.8) is 0 Å². The normalized spacial score (nSPS) is 13.2. The predicted octanol–water partition coefficient (Wildman–Crippen LogP) is 19.8. The lowest BCUT2D eigenvalue weighted by Gasteiger charge is -2.33. The minimum Gasteiger partial charge on any atom is -0.127 e. The van der Waals surface area contributed by atoms with Gasteiger partial charge in [-0.15, -0.1) is 12.0 Å². The summed E-state index contributed by atoms with van der Waals surface area (Å²) in [6.07, 6.45) is 30.7. The maximum absolute atomic E-state index is 6.08. The van der Waals surface area contributed by atoms with Crippen molar-refractivity contribution in [2.24, 2.45) is 0 Å². The number of benzene rings is 6. The summed E-state index contributed by atoms with van der Waals surface area (Å²) >= 11 is 0. The van der Waals surface area contributed by atoms with Crippen molar-refractivity contribution in [3.8, 4) is 80.9 Å². The van der Waals surface area contributed by atoms with E-state index >= 15 is 0 Å². The smallest absolute Gasteiger partial charge is 0.127 e. The maximum Gasteiger partial charge on any atom is 0.129 e. The van der Waals surface area contributed by atoms with E-state index in [-0.39, 0.29) is 10.8 Å². The fourth-order valence-electron chi connectivity index (χ4n) is 12.1. The van der Waals surface area contributed by atoms with Crippen molar-refractivity contribution in [2.75, 3.05) is 0 Å². The van der Waals surface area contributed by atoms with Gasteiger partial charge in [-0.05, 0) is 154 Å². The molecule has 0 nitrogen and oxygen atoms in total. The van der Waals surface area contributed by atoms with Crippen molar-refractivity contribution in [2.45, 2.75) is 187 Å². The number of hydrogen-bond acceptors (Lipinski definition) is 0. The highest BCUT2D eigenvalue weighted by Crippen LogP contribution is 2.56. The molecular weight excluding hydrogens is 905 g/mol. The van der Waals surface area contributed by atoms with Crippen molar-refractivity contribution in [1.82, 2.24) is 0 Å². The van der Waals surface area contributed by atoms with E-state index in [1.54, 1.807) is 0 Å². The number of rotatable bonds is 21. The Kier molecular flexibility index (Phi) is 18.5. The lowest BCUT2D eigenvalue weighted by Crippen LogP contribution is -2.26. The fraction of sp³-hybridized carbons (Fsp3) is 0.397. The van der Waals surface area contributed by atoms with Gasteiger partial charge in [-0.25, -0.2) is 0 Å². The lowest BCUT2D eigenvalue weighted by molar-refractivity contribution is 0.401. The van der Waals surface area contributed by atoms with Crippen molar-refractivity contribution >= 4 is 8.07 Å². The van der Waals surface area contributed by atoms with E-state index in [1.165, 1.54) is 158 Å². The van der Waals surface area contributed by atoms with E-state index in [4.69, 9.17) is 6.42 Å². The Hall–Kier alpha value is -6.22. The van der Waals surface area contributed by atoms with Crippen LogP contribution < -0.4 is 0 Å². The van der Waals surface area contributed by atoms with E-state index < -0.39 is 8.07 Å². The maximum atomic E-state index is 6.08. The van der Waals surface area contributed by atoms with Crippen LogP contribution in [0.1, 0.15) is 212 Å². The molecule has 0 aliphatic heterocycles. The molecule has 0 atom stereocenters. The van der Waals surface area contributed by atoms with E-state index in [2.05, 4.69) is 210 Å². The Morgan fingerprint density at radius 3 is 0.932 bits per heavy atom. The molecule has 0 spiro atoms. The molecule has 0 fully saturated rings. The van der Waals surface area contributed by atoms with Gasteiger partial charge in [0.15, 0.2) is 0 Å². The van der Waals surface area contributed by atoms with Crippen LogP contribution >= 0.6 is 0 Å². The summed E-state index contributed by atoms with van der Waals surface area (Å²) in [5, 5.41) is 0. The molecule has 0 N–H and O–H groups in total. The Labute approximate surface area is 450 Å². The van der Waals surface area contributed by atoms with Crippen LogP contribution in [0.25, 0.3) is 33.4 Å². The van der Waals surface area contributed by atoms with Crippen LogP contribution in [0.2, 0.25) is 19.6 Å². The summed E-state index contributed by atoms with van der Waals surface area (Å²) in [5.41, 5.74) is 23.5. The first kappa shape index (κ1) is 54.1. The molecule has 1 heteroatoms. The second-order valence-electron chi connectivity index (χ2n) is 22.7. The largest absolute Gasteiger partial charge is 0.129 e. The third kappa shape index (κ3) is 12.6. The van der Waals surface area contributed by atoms with Gasteiger partial charge in [0.25, 0.3) is 0 Å². The van der Waals surface area contributed by atoms with Gasteiger partial charge < -0.3 is 0 Å². The lowest BCUT2D eigenvalue weighted by atomic mass is 9.70. The van der Waals surface area contributed by atoms with Crippen LogP contribution in [0, 0.1) is 47.5 Å². The standard InChI is InChI=1S/C73H82Si/c1-9-14-18-22-47-72(48-23-19-15-10-2)68-52-56(13-5)34-42-64(68)65-44-36-60(54-69(65)72)28-29-61-37-45-67-66-43-35-59(53-70(66)73(71(67)55-61,49-24-20-16-11-3)50-25-21-17-12-4)27-26-57-30-38-62(39-31-57)63-40-32-58(33-41-63)46-51-74(6,7)8/h5,30-45,52-55H,9-12,14-25,47-50H2,1-4,6-8H3. The first-order chi connectivity index (χ1) is 36.0. The fourth-order valence-corrected chi connectivity index (χ4v) is 12.6. The molecule has 6 aromatic carbocycles. The minimum absolute atomic E-state index is 0.0461. The van der Waals surface area contributed by atoms with Gasteiger partial charge in [0.05, 0.1) is 0 Å². The van der Waals surface area contributed by atoms with E-state index in [1.807, 2.05) is 0 Å². The van der Waals surface area contributed by atoms with Gasteiger partial charge in [-0.3, -0.25) is 0 Å². The highest BCUT2D eigenvalue weighted by atomic mass is 28.3. The molecule has 0 unspecified atom stereocenters. The topological polar surface area (TPSA) is 0 Å². The van der Waals surface area contributed by atoms with Crippen molar-refractivity contribution < 1.29 is 0 Å². The van der Waals surface area contributed by atoms with Crippen LogP contribution in [0.3, 0.4) is 0 Å². The summed E-state index contributed by atoms with van der Waals surface area (Å²) < 4.78 is 0. The molecule has 0 bridgehead atoms. The molecule has 0 radical (unpaired) electrons. The summed E-state index contributed by atoms with van der Waals surface area (Å²) in [6.45, 7) is 16.1. The monoisotopic (exact) mass is 987 g/mol. The SMILES string of the molecule is C#Cc1ccc2c(c1)C(CCCCCC)(CCCCCC)c1cc(C#Cc3ccc4c(c3)C(CCCCCC)(CCCCCC)c3cc(C#Cc5ccc(-c6ccc(C#C[Si](C)(C)C)cc6)cc5)ccc3-4)ccc1-2. The highest BCUT2D eigenvalue weighted by molar-refractivity contribution is 6.83. The van der Waals surface area contributed by atoms with Crippen LogP contribution in [0.15, 0.2) is 121 Å². The molecule has 74 heavy (non-hydrogen) atoms. The third-order valence-corrected chi connectivity index (χ3v) is 17.0. The summed E-state index contributed by atoms with van der Waals surface area (Å²) in [4.78, 5) is 0. The van der Waals surface area contributed by atoms with Crippen LogP contribution in [0.4, 0.5) is 0 Å². The third-order valence-electron chi connectivity index (χ3n) is 16.1. The molecule has 0 saturated carbocycles. The van der Waals surface area contributed by atoms with E-state index in [0.717, 1.165) is 59.1 Å². The molecule has 2 aliphatic carbocycles. The van der Waals surface area contributed by atoms with Gasteiger partial charge >= 0.3 is 0 Å². The zero-order valence-electron chi connectivity index (χ0n) is 46.3. The molecule has 2 aliphatic rings. The Morgan fingerprint density at radius 1 is 0.338 bits per heavy atom.